The van der Waals surface area contributed by atoms with Gasteiger partial charge in [-0.2, -0.15) is 0 Å². The van der Waals surface area contributed by atoms with E-state index in [0.717, 1.165) is 77.7 Å². The van der Waals surface area contributed by atoms with Crippen molar-refractivity contribution in [1.82, 2.24) is 15.0 Å². The minimum Gasteiger partial charge on any atom is -0.399 e. The lowest BCUT2D eigenvalue weighted by Crippen LogP contribution is -2.08. The van der Waals surface area contributed by atoms with Crippen LogP contribution in [0.1, 0.15) is 70.8 Å². The van der Waals surface area contributed by atoms with E-state index in [1.54, 1.807) is 30.3 Å². The van der Waals surface area contributed by atoms with Gasteiger partial charge >= 0.3 is 0 Å². The lowest BCUT2D eigenvalue weighted by atomic mass is 10.1. The molecule has 0 bridgehead atoms. The highest BCUT2D eigenvalue weighted by molar-refractivity contribution is 6.29. The largest absolute Gasteiger partial charge is 0.399 e. The third-order valence-corrected chi connectivity index (χ3v) is 12.7. The normalized spacial score (nSPS) is 16.2. The number of hydrogen-bond acceptors (Lipinski definition) is 11. The quantitative estimate of drug-likeness (QED) is 0.0535. The molecule has 0 amide bonds. The van der Waals surface area contributed by atoms with Crippen LogP contribution in [0.2, 0.25) is 5.15 Å². The van der Waals surface area contributed by atoms with Crippen molar-refractivity contribution in [2.75, 3.05) is 16.4 Å². The Hall–Kier alpha value is -8.00. The Labute approximate surface area is 397 Å². The molecule has 14 heteroatoms. The zero-order valence-electron chi connectivity index (χ0n) is 37.0. The Morgan fingerprint density at radius 3 is 1.44 bits per heavy atom. The first-order valence-corrected chi connectivity index (χ1v) is 22.9. The van der Waals surface area contributed by atoms with Gasteiger partial charge in [-0.3, -0.25) is 20.2 Å². The Balaban J connectivity index is 0.000000118. The fraction of sp³-hybridized carbons (Fsp3) is 0.167. The average molecular weight is 922 g/mol. The number of nitrogen functional groups attached to an aromatic ring is 1. The number of non-ortho nitro benzene ring substituents is 2. The molecule has 0 spiro atoms. The number of nitro benzene ring substituents is 2. The second-order valence-corrected chi connectivity index (χ2v) is 17.3. The van der Waals surface area contributed by atoms with Crippen LogP contribution in [-0.4, -0.2) is 24.8 Å². The highest BCUT2D eigenvalue weighted by Gasteiger charge is 2.23. The average Bonchev–Trinajstić information content (AvgIpc) is 4.08. The van der Waals surface area contributed by atoms with E-state index in [0.29, 0.717) is 28.1 Å². The summed E-state index contributed by atoms with van der Waals surface area (Å²) in [6.45, 7) is 0. The summed E-state index contributed by atoms with van der Waals surface area (Å²) in [7, 11) is 0. The standard InChI is InChI=1S/C18H15N3O2.C18H17N3.C9H5ClN2O2.C9H11N/c22-21(23)14-7-9-16-13(11-14)6-10-18(19-16)20-17-8-5-12-3-1-2-4-15(12)17;19-14-7-9-16-13(11-14)6-10-18(20-16)21-17-8-5-12-3-1-2-4-15(12)17;10-9-4-1-6-5-7(12(13)14)2-3-8(6)11-9;10-9-6-5-7-3-1-2-4-8(7)9/h1-4,6-7,9-11,17H,5,8H2,(H,19,20);1-4,6-7,9-11,17H,5,8,19H2,(H,20,21);1-5H;1-4,9H,5-6,10H2/t2*17-;;9-/m11.1/s1. The molecule has 9 aromatic rings. The first-order valence-electron chi connectivity index (χ1n) is 22.5. The number of hydrogen-bond donors (Lipinski definition) is 4. The molecule has 13 nitrogen and oxygen atoms in total. The summed E-state index contributed by atoms with van der Waals surface area (Å²) >= 11 is 5.68. The highest BCUT2D eigenvalue weighted by Crippen LogP contribution is 2.35. The molecule has 3 aromatic heterocycles. The number of pyridine rings is 3. The van der Waals surface area contributed by atoms with E-state index in [1.165, 1.54) is 51.6 Å². The molecule has 12 rings (SSSR count). The molecule has 3 aliphatic rings. The first-order chi connectivity index (χ1) is 33.0. The van der Waals surface area contributed by atoms with Crippen LogP contribution in [0.15, 0.2) is 164 Å². The molecule has 0 radical (unpaired) electrons. The van der Waals surface area contributed by atoms with Crippen LogP contribution in [0, 0.1) is 20.2 Å². The third kappa shape index (κ3) is 10.5. The van der Waals surface area contributed by atoms with Gasteiger partial charge in [-0.25, -0.2) is 15.0 Å². The molecule has 3 heterocycles. The number of anilines is 3. The monoisotopic (exact) mass is 921 g/mol. The third-order valence-electron chi connectivity index (χ3n) is 12.5. The number of nitrogens with two attached hydrogens (primary N) is 2. The molecule has 0 fully saturated rings. The van der Waals surface area contributed by atoms with Crippen molar-refractivity contribution in [2.24, 2.45) is 5.73 Å². The van der Waals surface area contributed by atoms with Crippen molar-refractivity contribution in [3.05, 3.63) is 223 Å². The molecule has 0 unspecified atom stereocenters. The van der Waals surface area contributed by atoms with Crippen LogP contribution in [-0.2, 0) is 19.3 Å². The second kappa shape index (κ2) is 20.3. The van der Waals surface area contributed by atoms with Gasteiger partial charge in [0, 0.05) is 52.2 Å². The molecule has 0 saturated heterocycles. The number of rotatable bonds is 6. The Morgan fingerprint density at radius 1 is 0.500 bits per heavy atom. The zero-order valence-corrected chi connectivity index (χ0v) is 37.7. The number of nitro groups is 2. The zero-order chi connectivity index (χ0) is 47.1. The van der Waals surface area contributed by atoms with Gasteiger partial charge in [-0.1, -0.05) is 84.4 Å². The minimum absolute atomic E-state index is 0.0571. The second-order valence-electron chi connectivity index (χ2n) is 17.0. The molecule has 3 atom stereocenters. The van der Waals surface area contributed by atoms with Crippen LogP contribution in [0.4, 0.5) is 28.7 Å². The van der Waals surface area contributed by atoms with E-state index < -0.39 is 4.92 Å². The smallest absolute Gasteiger partial charge is 0.270 e. The number of nitrogens with one attached hydrogen (secondary N) is 2. The fourth-order valence-corrected chi connectivity index (χ4v) is 9.25. The molecular formula is C54H48ClN9O4. The first kappa shape index (κ1) is 45.2. The van der Waals surface area contributed by atoms with Crippen molar-refractivity contribution in [3.63, 3.8) is 0 Å². The summed E-state index contributed by atoms with van der Waals surface area (Å²) in [4.78, 5) is 33.8. The van der Waals surface area contributed by atoms with Crippen LogP contribution >= 0.6 is 11.6 Å². The van der Waals surface area contributed by atoms with E-state index in [9.17, 15) is 20.2 Å². The van der Waals surface area contributed by atoms with E-state index >= 15 is 0 Å². The van der Waals surface area contributed by atoms with Gasteiger partial charge in [0.2, 0.25) is 0 Å². The maximum Gasteiger partial charge on any atom is 0.270 e. The van der Waals surface area contributed by atoms with E-state index in [1.807, 2.05) is 36.4 Å². The van der Waals surface area contributed by atoms with Crippen molar-refractivity contribution in [2.45, 2.75) is 56.7 Å². The summed E-state index contributed by atoms with van der Waals surface area (Å²) in [5.74, 6) is 1.72. The van der Waals surface area contributed by atoms with E-state index in [2.05, 4.69) is 104 Å². The molecule has 0 saturated carbocycles. The van der Waals surface area contributed by atoms with Gasteiger partial charge in [0.1, 0.15) is 16.8 Å². The Bertz CT molecular complexity index is 3310. The molecule has 6 N–H and O–H groups in total. The van der Waals surface area contributed by atoms with Crippen LogP contribution in [0.25, 0.3) is 32.7 Å². The van der Waals surface area contributed by atoms with Crippen molar-refractivity contribution >= 4 is 73.0 Å². The van der Waals surface area contributed by atoms with Gasteiger partial charge in [0.15, 0.2) is 0 Å². The minimum atomic E-state index is -0.436. The molecule has 3 aliphatic carbocycles. The van der Waals surface area contributed by atoms with Crippen LogP contribution < -0.4 is 22.1 Å². The van der Waals surface area contributed by atoms with E-state index in [-0.39, 0.29) is 22.3 Å². The maximum absolute atomic E-state index is 10.8. The molecule has 68 heavy (non-hydrogen) atoms. The molecule has 6 aromatic carbocycles. The Kier molecular flexibility index (Phi) is 13.5. The summed E-state index contributed by atoms with van der Waals surface area (Å²) in [6.07, 6.45) is 6.68. The summed E-state index contributed by atoms with van der Waals surface area (Å²) in [5, 5.41) is 31.3. The SMILES string of the molecule is N[C@@H]1CCc2ccccc21.Nc1ccc2nc(N[C@@H]3CCc4ccccc43)ccc2c1.O=[N+]([O-])c1ccc2nc(Cl)ccc2c1.O=[N+]([O-])c1ccc2nc(N[C@@H]3CCc4ccccc43)ccc2c1. The number of fused-ring (bicyclic) bond motifs is 6. The van der Waals surface area contributed by atoms with Gasteiger partial charge in [-0.15, -0.1) is 0 Å². The van der Waals surface area contributed by atoms with Crippen molar-refractivity contribution in [3.8, 4) is 0 Å². The topological polar surface area (TPSA) is 201 Å². The number of nitrogens with zero attached hydrogens (tertiary/aromatic N) is 5. The molecule has 340 valence electrons. The highest BCUT2D eigenvalue weighted by atomic mass is 35.5. The number of aromatic nitrogens is 3. The summed E-state index contributed by atoms with van der Waals surface area (Å²) < 4.78 is 0. The summed E-state index contributed by atoms with van der Waals surface area (Å²) in [5.41, 5.74) is 23.3. The lowest BCUT2D eigenvalue weighted by Gasteiger charge is -2.15. The van der Waals surface area contributed by atoms with Gasteiger partial charge in [0.05, 0.1) is 38.5 Å². The maximum atomic E-state index is 10.8. The molecular weight excluding hydrogens is 874 g/mol. The Morgan fingerprint density at radius 2 is 0.926 bits per heavy atom. The van der Waals surface area contributed by atoms with Gasteiger partial charge < -0.3 is 22.1 Å². The number of aryl methyl sites for hydroxylation is 3. The predicted octanol–water partition coefficient (Wildman–Crippen LogP) is 12.6. The van der Waals surface area contributed by atoms with E-state index in [4.69, 9.17) is 23.1 Å². The fourth-order valence-electron chi connectivity index (χ4n) is 9.09. The van der Waals surface area contributed by atoms with Crippen LogP contribution in [0.3, 0.4) is 0 Å². The number of halogens is 1. The summed E-state index contributed by atoms with van der Waals surface area (Å²) in [6, 6.07) is 52.7. The number of benzene rings is 6. The van der Waals surface area contributed by atoms with Crippen LogP contribution in [0.5, 0.6) is 0 Å². The molecule has 0 aliphatic heterocycles. The predicted molar refractivity (Wildman–Crippen MR) is 272 cm³/mol. The van der Waals surface area contributed by atoms with Crippen molar-refractivity contribution in [1.29, 1.82) is 0 Å². The van der Waals surface area contributed by atoms with Gasteiger partial charge in [-0.05, 0) is 139 Å². The van der Waals surface area contributed by atoms with Gasteiger partial charge in [0.25, 0.3) is 11.4 Å². The van der Waals surface area contributed by atoms with Crippen molar-refractivity contribution < 1.29 is 9.85 Å². The lowest BCUT2D eigenvalue weighted by molar-refractivity contribution is -0.384.